The SMILES string of the molecule is Cc1cc(Br)c2c(c1)CC(C(=O)C(C)C)O2. The molecular formula is C13H15BrO2. The number of halogens is 1. The molecule has 0 radical (unpaired) electrons. The van der Waals surface area contributed by atoms with E-state index in [0.717, 1.165) is 15.8 Å². The highest BCUT2D eigenvalue weighted by molar-refractivity contribution is 9.10. The zero-order valence-corrected chi connectivity index (χ0v) is 11.3. The van der Waals surface area contributed by atoms with Crippen LogP contribution in [0, 0.1) is 12.8 Å². The van der Waals surface area contributed by atoms with Crippen molar-refractivity contribution in [2.45, 2.75) is 33.3 Å². The summed E-state index contributed by atoms with van der Waals surface area (Å²) < 4.78 is 6.67. The summed E-state index contributed by atoms with van der Waals surface area (Å²) in [5, 5.41) is 0. The van der Waals surface area contributed by atoms with Crippen molar-refractivity contribution in [3.05, 3.63) is 27.7 Å². The normalized spacial score (nSPS) is 18.4. The summed E-state index contributed by atoms with van der Waals surface area (Å²) >= 11 is 3.48. The number of Topliss-reactive ketones (excluding diaryl/α,β-unsaturated/α-hetero) is 1. The smallest absolute Gasteiger partial charge is 0.176 e. The molecule has 3 heteroatoms. The summed E-state index contributed by atoms with van der Waals surface area (Å²) in [7, 11) is 0. The van der Waals surface area contributed by atoms with E-state index in [2.05, 4.69) is 22.0 Å². The van der Waals surface area contributed by atoms with Crippen molar-refractivity contribution in [3.63, 3.8) is 0 Å². The Bertz CT molecular complexity index is 438. The Kier molecular flexibility index (Phi) is 3.06. The zero-order chi connectivity index (χ0) is 11.9. The molecule has 0 bridgehead atoms. The standard InChI is InChI=1S/C13H15BrO2/c1-7(2)12(15)11-6-9-4-8(3)5-10(14)13(9)16-11/h4-5,7,11H,6H2,1-3H3. The van der Waals surface area contributed by atoms with E-state index in [1.807, 2.05) is 26.8 Å². The number of fused-ring (bicyclic) bond motifs is 1. The van der Waals surface area contributed by atoms with Gasteiger partial charge in [0.1, 0.15) is 5.75 Å². The molecule has 0 fully saturated rings. The van der Waals surface area contributed by atoms with E-state index < -0.39 is 0 Å². The van der Waals surface area contributed by atoms with E-state index in [1.165, 1.54) is 5.56 Å². The molecule has 1 aromatic carbocycles. The van der Waals surface area contributed by atoms with Gasteiger partial charge in [-0.15, -0.1) is 0 Å². The molecule has 0 aliphatic carbocycles. The third-order valence-electron chi connectivity index (χ3n) is 2.82. The molecule has 0 saturated heterocycles. The number of benzene rings is 1. The molecular weight excluding hydrogens is 268 g/mol. The minimum absolute atomic E-state index is 0.0270. The van der Waals surface area contributed by atoms with Gasteiger partial charge in [0.2, 0.25) is 0 Å². The van der Waals surface area contributed by atoms with Gasteiger partial charge in [0, 0.05) is 12.3 Å². The van der Waals surface area contributed by atoms with Crippen LogP contribution >= 0.6 is 15.9 Å². The first-order chi connectivity index (χ1) is 7.49. The van der Waals surface area contributed by atoms with Gasteiger partial charge in [0.15, 0.2) is 11.9 Å². The Morgan fingerprint density at radius 2 is 2.19 bits per heavy atom. The first-order valence-electron chi connectivity index (χ1n) is 5.48. The first kappa shape index (κ1) is 11.6. The van der Waals surface area contributed by atoms with Crippen LogP contribution in [0.1, 0.15) is 25.0 Å². The third-order valence-corrected chi connectivity index (χ3v) is 3.41. The predicted molar refractivity (Wildman–Crippen MR) is 66.8 cm³/mol. The van der Waals surface area contributed by atoms with Crippen molar-refractivity contribution in [1.29, 1.82) is 0 Å². The second kappa shape index (κ2) is 4.21. The molecule has 1 atom stereocenters. The third kappa shape index (κ3) is 2.01. The van der Waals surface area contributed by atoms with E-state index in [4.69, 9.17) is 4.74 Å². The van der Waals surface area contributed by atoms with E-state index in [0.29, 0.717) is 6.42 Å². The van der Waals surface area contributed by atoms with Gasteiger partial charge in [0.25, 0.3) is 0 Å². The van der Waals surface area contributed by atoms with Crippen molar-refractivity contribution < 1.29 is 9.53 Å². The minimum atomic E-state index is -0.298. The fraction of sp³-hybridized carbons (Fsp3) is 0.462. The Hall–Kier alpha value is -0.830. The Morgan fingerprint density at radius 3 is 2.81 bits per heavy atom. The Balaban J connectivity index is 2.28. The molecule has 0 N–H and O–H groups in total. The lowest BCUT2D eigenvalue weighted by molar-refractivity contribution is -0.128. The number of carbonyl (C=O) groups is 1. The monoisotopic (exact) mass is 282 g/mol. The lowest BCUT2D eigenvalue weighted by Gasteiger charge is -2.12. The van der Waals surface area contributed by atoms with Crippen molar-refractivity contribution in [2.24, 2.45) is 5.92 Å². The second-order valence-electron chi connectivity index (χ2n) is 4.60. The molecule has 0 spiro atoms. The van der Waals surface area contributed by atoms with E-state index in [-0.39, 0.29) is 17.8 Å². The number of ether oxygens (including phenoxy) is 1. The summed E-state index contributed by atoms with van der Waals surface area (Å²) in [6.07, 6.45) is 0.403. The van der Waals surface area contributed by atoms with Crippen LogP contribution < -0.4 is 4.74 Å². The van der Waals surface area contributed by atoms with Crippen LogP contribution in [-0.2, 0) is 11.2 Å². The van der Waals surface area contributed by atoms with Gasteiger partial charge in [-0.3, -0.25) is 4.79 Å². The summed E-state index contributed by atoms with van der Waals surface area (Å²) in [5.41, 5.74) is 2.32. The molecule has 0 amide bonds. The predicted octanol–water partition coefficient (Wildman–Crippen LogP) is 3.29. The van der Waals surface area contributed by atoms with Gasteiger partial charge in [0.05, 0.1) is 4.47 Å². The molecule has 2 nitrogen and oxygen atoms in total. The number of ketones is 1. The number of aryl methyl sites for hydroxylation is 1. The van der Waals surface area contributed by atoms with E-state index in [1.54, 1.807) is 0 Å². The minimum Gasteiger partial charge on any atom is -0.481 e. The molecule has 16 heavy (non-hydrogen) atoms. The summed E-state index contributed by atoms with van der Waals surface area (Å²) in [6.45, 7) is 5.87. The topological polar surface area (TPSA) is 26.3 Å². The highest BCUT2D eigenvalue weighted by Gasteiger charge is 2.31. The molecule has 1 aliphatic rings. The van der Waals surface area contributed by atoms with Gasteiger partial charge in [-0.2, -0.15) is 0 Å². The number of hydrogen-bond acceptors (Lipinski definition) is 2. The number of hydrogen-bond donors (Lipinski definition) is 0. The average molecular weight is 283 g/mol. The van der Waals surface area contributed by atoms with Crippen LogP contribution in [0.4, 0.5) is 0 Å². The number of rotatable bonds is 2. The van der Waals surface area contributed by atoms with Gasteiger partial charge in [-0.05, 0) is 40.0 Å². The van der Waals surface area contributed by atoms with Gasteiger partial charge >= 0.3 is 0 Å². The van der Waals surface area contributed by atoms with Crippen molar-refractivity contribution >= 4 is 21.7 Å². The van der Waals surface area contributed by atoms with Crippen LogP contribution in [0.3, 0.4) is 0 Å². The second-order valence-corrected chi connectivity index (χ2v) is 5.46. The van der Waals surface area contributed by atoms with Crippen molar-refractivity contribution in [3.8, 4) is 5.75 Å². The molecule has 0 saturated carbocycles. The van der Waals surface area contributed by atoms with Gasteiger partial charge in [-0.25, -0.2) is 0 Å². The van der Waals surface area contributed by atoms with Crippen LogP contribution in [0.2, 0.25) is 0 Å². The maximum Gasteiger partial charge on any atom is 0.176 e. The van der Waals surface area contributed by atoms with Crippen LogP contribution in [0.5, 0.6) is 5.75 Å². The molecule has 1 heterocycles. The van der Waals surface area contributed by atoms with Crippen LogP contribution in [-0.4, -0.2) is 11.9 Å². The highest BCUT2D eigenvalue weighted by atomic mass is 79.9. The lowest BCUT2D eigenvalue weighted by Crippen LogP contribution is -2.29. The van der Waals surface area contributed by atoms with E-state index in [9.17, 15) is 4.79 Å². The average Bonchev–Trinajstić information content (AvgIpc) is 2.60. The van der Waals surface area contributed by atoms with Crippen molar-refractivity contribution in [2.75, 3.05) is 0 Å². The van der Waals surface area contributed by atoms with Gasteiger partial charge in [-0.1, -0.05) is 19.9 Å². The Labute approximate surface area is 104 Å². The molecule has 2 rings (SSSR count). The Morgan fingerprint density at radius 1 is 1.50 bits per heavy atom. The maximum absolute atomic E-state index is 11.9. The lowest BCUT2D eigenvalue weighted by atomic mass is 9.99. The molecule has 86 valence electrons. The maximum atomic E-state index is 11.9. The quantitative estimate of drug-likeness (QED) is 0.832. The van der Waals surface area contributed by atoms with Crippen LogP contribution in [0.25, 0.3) is 0 Å². The highest BCUT2D eigenvalue weighted by Crippen LogP contribution is 2.37. The summed E-state index contributed by atoms with van der Waals surface area (Å²) in [6, 6.07) is 4.11. The van der Waals surface area contributed by atoms with E-state index >= 15 is 0 Å². The zero-order valence-electron chi connectivity index (χ0n) is 9.71. The largest absolute Gasteiger partial charge is 0.481 e. The molecule has 0 aromatic heterocycles. The molecule has 1 aromatic rings. The fourth-order valence-corrected chi connectivity index (χ4v) is 2.71. The summed E-state index contributed by atoms with van der Waals surface area (Å²) in [5.74, 6) is 1.05. The van der Waals surface area contributed by atoms with Crippen LogP contribution in [0.15, 0.2) is 16.6 Å². The first-order valence-corrected chi connectivity index (χ1v) is 6.27. The molecule has 1 unspecified atom stereocenters. The fourth-order valence-electron chi connectivity index (χ4n) is 2.00. The molecule has 1 aliphatic heterocycles. The van der Waals surface area contributed by atoms with Crippen molar-refractivity contribution in [1.82, 2.24) is 0 Å². The summed E-state index contributed by atoms with van der Waals surface area (Å²) in [4.78, 5) is 11.9. The number of carbonyl (C=O) groups excluding carboxylic acids is 1. The van der Waals surface area contributed by atoms with Gasteiger partial charge < -0.3 is 4.74 Å².